The number of furan rings is 1. The van der Waals surface area contributed by atoms with Gasteiger partial charge < -0.3 is 19.6 Å². The molecule has 31 heavy (non-hydrogen) atoms. The molecule has 8 nitrogen and oxygen atoms in total. The van der Waals surface area contributed by atoms with E-state index < -0.39 is 0 Å². The zero-order valence-corrected chi connectivity index (χ0v) is 18.4. The number of nitrogens with one attached hydrogen (secondary N) is 2. The summed E-state index contributed by atoms with van der Waals surface area (Å²) in [7, 11) is 0. The molecule has 0 aliphatic rings. The summed E-state index contributed by atoms with van der Waals surface area (Å²) in [5, 5.41) is 14.7. The molecule has 0 spiro atoms. The van der Waals surface area contributed by atoms with Gasteiger partial charge in [-0.3, -0.25) is 9.59 Å². The molecule has 2 aromatic heterocycles. The van der Waals surface area contributed by atoms with Crippen molar-refractivity contribution in [1.29, 1.82) is 0 Å². The summed E-state index contributed by atoms with van der Waals surface area (Å²) in [6.45, 7) is 8.44. The lowest BCUT2D eigenvalue weighted by Gasteiger charge is -2.13. The number of amides is 2. The van der Waals surface area contributed by atoms with Crippen LogP contribution in [0.4, 0.5) is 5.69 Å². The van der Waals surface area contributed by atoms with Crippen molar-refractivity contribution in [1.82, 2.24) is 20.1 Å². The maximum absolute atomic E-state index is 12.6. The van der Waals surface area contributed by atoms with Gasteiger partial charge in [0.15, 0.2) is 16.7 Å². The Morgan fingerprint density at radius 2 is 2.10 bits per heavy atom. The number of benzene rings is 1. The number of allylic oxidation sites excluding steroid dienone is 1. The first kappa shape index (κ1) is 22.4. The molecule has 0 aliphatic carbocycles. The van der Waals surface area contributed by atoms with Crippen molar-refractivity contribution in [2.45, 2.75) is 38.5 Å². The minimum atomic E-state index is -0.336. The molecular formula is C22H25N5O3S. The van der Waals surface area contributed by atoms with Crippen LogP contribution in [-0.4, -0.2) is 32.3 Å². The predicted molar refractivity (Wildman–Crippen MR) is 120 cm³/mol. The molecule has 0 bridgehead atoms. The van der Waals surface area contributed by atoms with Gasteiger partial charge in [-0.15, -0.1) is 16.8 Å². The monoisotopic (exact) mass is 439 g/mol. The SMILES string of the molecule is C=CCn1c(CNC(=O)c2ccco2)nnc1SCC(=O)Nc1c(C)cccc1CC. The van der Waals surface area contributed by atoms with E-state index in [-0.39, 0.29) is 29.9 Å². The number of para-hydroxylation sites is 1. The molecule has 3 aromatic rings. The Bertz CT molecular complexity index is 1060. The summed E-state index contributed by atoms with van der Waals surface area (Å²) in [6, 6.07) is 9.21. The predicted octanol–water partition coefficient (Wildman–Crippen LogP) is 3.59. The molecule has 2 amide bonds. The zero-order chi connectivity index (χ0) is 22.2. The number of hydrogen-bond donors (Lipinski definition) is 2. The lowest BCUT2D eigenvalue weighted by Crippen LogP contribution is -2.24. The quantitative estimate of drug-likeness (QED) is 0.370. The second-order valence-electron chi connectivity index (χ2n) is 6.76. The van der Waals surface area contributed by atoms with Gasteiger partial charge in [-0.1, -0.05) is 43.0 Å². The van der Waals surface area contributed by atoms with Crippen LogP contribution in [0.1, 0.15) is 34.4 Å². The highest BCUT2D eigenvalue weighted by molar-refractivity contribution is 7.99. The molecular weight excluding hydrogens is 414 g/mol. The average molecular weight is 440 g/mol. The third-order valence-electron chi connectivity index (χ3n) is 4.59. The Morgan fingerprint density at radius 3 is 2.81 bits per heavy atom. The molecule has 2 heterocycles. The zero-order valence-electron chi connectivity index (χ0n) is 17.6. The van der Waals surface area contributed by atoms with Gasteiger partial charge in [0.2, 0.25) is 5.91 Å². The van der Waals surface area contributed by atoms with E-state index in [9.17, 15) is 9.59 Å². The van der Waals surface area contributed by atoms with Crippen molar-refractivity contribution >= 4 is 29.3 Å². The van der Waals surface area contributed by atoms with E-state index in [0.29, 0.717) is 17.5 Å². The van der Waals surface area contributed by atoms with Gasteiger partial charge >= 0.3 is 0 Å². The van der Waals surface area contributed by atoms with Crippen LogP contribution >= 0.6 is 11.8 Å². The van der Waals surface area contributed by atoms with Crippen molar-refractivity contribution in [3.63, 3.8) is 0 Å². The average Bonchev–Trinajstić information content (AvgIpc) is 3.43. The first-order chi connectivity index (χ1) is 15.0. The van der Waals surface area contributed by atoms with E-state index in [2.05, 4.69) is 34.3 Å². The largest absolute Gasteiger partial charge is 0.459 e. The number of hydrogen-bond acceptors (Lipinski definition) is 6. The fourth-order valence-corrected chi connectivity index (χ4v) is 3.80. The number of rotatable bonds is 10. The van der Waals surface area contributed by atoms with Gasteiger partial charge in [0.25, 0.3) is 5.91 Å². The maximum atomic E-state index is 12.6. The number of anilines is 1. The molecule has 1 aromatic carbocycles. The first-order valence-corrected chi connectivity index (χ1v) is 10.9. The molecule has 0 fully saturated rings. The molecule has 0 radical (unpaired) electrons. The van der Waals surface area contributed by atoms with Crippen LogP contribution in [0.5, 0.6) is 0 Å². The van der Waals surface area contributed by atoms with E-state index >= 15 is 0 Å². The smallest absolute Gasteiger partial charge is 0.287 e. The van der Waals surface area contributed by atoms with Crippen molar-refractivity contribution in [2.75, 3.05) is 11.1 Å². The maximum Gasteiger partial charge on any atom is 0.287 e. The van der Waals surface area contributed by atoms with E-state index in [1.165, 1.54) is 18.0 Å². The number of aromatic nitrogens is 3. The number of thioether (sulfide) groups is 1. The standard InChI is InChI=1S/C22H25N5O3S/c1-4-11-27-18(13-23-21(29)17-10-7-12-30-17)25-26-22(27)31-14-19(28)24-20-15(3)8-6-9-16(20)5-2/h4,6-10,12H,1,5,11,13-14H2,2-3H3,(H,23,29)(H,24,28). The Kier molecular flexibility index (Phi) is 7.66. The van der Waals surface area contributed by atoms with E-state index in [0.717, 1.165) is 23.2 Å². The topological polar surface area (TPSA) is 102 Å². The Hall–Kier alpha value is -3.33. The Balaban J connectivity index is 1.63. The number of nitrogens with zero attached hydrogens (tertiary/aromatic N) is 3. The fourth-order valence-electron chi connectivity index (χ4n) is 3.03. The van der Waals surface area contributed by atoms with Crippen molar-refractivity contribution in [3.8, 4) is 0 Å². The molecule has 9 heteroatoms. The van der Waals surface area contributed by atoms with Crippen LogP contribution in [0.25, 0.3) is 0 Å². The second kappa shape index (κ2) is 10.6. The highest BCUT2D eigenvalue weighted by atomic mass is 32.2. The molecule has 0 saturated heterocycles. The van der Waals surface area contributed by atoms with Crippen LogP contribution in [0.3, 0.4) is 0 Å². The van der Waals surface area contributed by atoms with Crippen LogP contribution in [0, 0.1) is 6.92 Å². The van der Waals surface area contributed by atoms with Gasteiger partial charge in [-0.25, -0.2) is 0 Å². The van der Waals surface area contributed by atoms with Gasteiger partial charge in [-0.2, -0.15) is 0 Å². The van der Waals surface area contributed by atoms with Crippen LogP contribution in [0.15, 0.2) is 58.8 Å². The highest BCUT2D eigenvalue weighted by Crippen LogP contribution is 2.23. The summed E-state index contributed by atoms with van der Waals surface area (Å²) in [5.41, 5.74) is 2.99. The van der Waals surface area contributed by atoms with Crippen LogP contribution in [-0.2, 0) is 24.3 Å². The summed E-state index contributed by atoms with van der Waals surface area (Å²) >= 11 is 1.28. The minimum absolute atomic E-state index is 0.116. The Morgan fingerprint density at radius 1 is 1.26 bits per heavy atom. The third kappa shape index (κ3) is 5.64. The highest BCUT2D eigenvalue weighted by Gasteiger charge is 2.16. The van der Waals surface area contributed by atoms with E-state index in [1.807, 2.05) is 29.7 Å². The van der Waals surface area contributed by atoms with Crippen molar-refractivity contribution < 1.29 is 14.0 Å². The number of aryl methyl sites for hydroxylation is 2. The molecule has 0 aliphatic heterocycles. The second-order valence-corrected chi connectivity index (χ2v) is 7.70. The van der Waals surface area contributed by atoms with Gasteiger partial charge in [-0.05, 0) is 36.6 Å². The fraction of sp³-hybridized carbons (Fsp3) is 0.273. The molecule has 0 saturated carbocycles. The van der Waals surface area contributed by atoms with Crippen LogP contribution in [0.2, 0.25) is 0 Å². The number of carbonyl (C=O) groups is 2. The van der Waals surface area contributed by atoms with Gasteiger partial charge in [0, 0.05) is 12.2 Å². The molecule has 3 rings (SSSR count). The normalized spacial score (nSPS) is 10.6. The summed E-state index contributed by atoms with van der Waals surface area (Å²) < 4.78 is 6.90. The van der Waals surface area contributed by atoms with Crippen molar-refractivity contribution in [2.24, 2.45) is 0 Å². The Labute approximate surface area is 185 Å². The van der Waals surface area contributed by atoms with Gasteiger partial charge in [0.05, 0.1) is 18.6 Å². The first-order valence-electron chi connectivity index (χ1n) is 9.89. The van der Waals surface area contributed by atoms with Crippen LogP contribution < -0.4 is 10.6 Å². The molecule has 0 unspecified atom stereocenters. The van der Waals surface area contributed by atoms with Crippen molar-refractivity contribution in [3.05, 3.63) is 72.0 Å². The molecule has 0 atom stereocenters. The van der Waals surface area contributed by atoms with E-state index in [4.69, 9.17) is 4.42 Å². The summed E-state index contributed by atoms with van der Waals surface area (Å²) in [5.74, 6) is 0.524. The summed E-state index contributed by atoms with van der Waals surface area (Å²) in [4.78, 5) is 24.6. The lowest BCUT2D eigenvalue weighted by atomic mass is 10.1. The molecule has 2 N–H and O–H groups in total. The molecule has 162 valence electrons. The third-order valence-corrected chi connectivity index (χ3v) is 5.56. The minimum Gasteiger partial charge on any atom is -0.459 e. The summed E-state index contributed by atoms with van der Waals surface area (Å²) in [6.07, 6.45) is 3.99. The number of carbonyl (C=O) groups excluding carboxylic acids is 2. The van der Waals surface area contributed by atoms with Gasteiger partial charge in [0.1, 0.15) is 0 Å². The lowest BCUT2D eigenvalue weighted by molar-refractivity contribution is -0.113. The van der Waals surface area contributed by atoms with E-state index in [1.54, 1.807) is 18.2 Å².